The van der Waals surface area contributed by atoms with Crippen LogP contribution in [-0.4, -0.2) is 36.0 Å². The maximum atomic E-state index is 11.9. The Hall–Kier alpha value is -0.570. The van der Waals surface area contributed by atoms with E-state index in [2.05, 4.69) is 17.1 Å². The number of piperazine rings is 1. The van der Waals surface area contributed by atoms with Crippen molar-refractivity contribution in [1.82, 2.24) is 10.2 Å². The van der Waals surface area contributed by atoms with Gasteiger partial charge < -0.3 is 10.2 Å². The van der Waals surface area contributed by atoms with Crippen LogP contribution >= 0.6 is 0 Å². The molecule has 1 N–H and O–H groups in total. The van der Waals surface area contributed by atoms with E-state index >= 15 is 0 Å². The van der Waals surface area contributed by atoms with E-state index in [1.165, 1.54) is 6.42 Å². The minimum Gasteiger partial charge on any atom is -0.334 e. The molecule has 3 aliphatic rings. The first-order chi connectivity index (χ1) is 6.27. The summed E-state index contributed by atoms with van der Waals surface area (Å²) in [6, 6.07) is 1.05. The van der Waals surface area contributed by atoms with Crippen molar-refractivity contribution in [1.29, 1.82) is 0 Å². The lowest BCUT2D eigenvalue weighted by atomic mass is 9.88. The molecule has 3 nitrogen and oxygen atoms in total. The average molecular weight is 180 g/mol. The van der Waals surface area contributed by atoms with Crippen LogP contribution in [0.5, 0.6) is 0 Å². The maximum Gasteiger partial charge on any atom is 0.226 e. The predicted octanol–water partition coefficient (Wildman–Crippen LogP) is 0.215. The third-order valence-corrected chi connectivity index (χ3v) is 3.77. The second-order valence-electron chi connectivity index (χ2n) is 4.77. The number of amides is 1. The van der Waals surface area contributed by atoms with Gasteiger partial charge in [0, 0.05) is 31.1 Å². The Morgan fingerprint density at radius 1 is 1.31 bits per heavy atom. The Labute approximate surface area is 78.5 Å². The topological polar surface area (TPSA) is 32.3 Å². The normalized spacial score (nSPS) is 47.0. The Kier molecular flexibility index (Phi) is 1.48. The van der Waals surface area contributed by atoms with E-state index in [0.717, 1.165) is 19.5 Å². The molecular weight excluding hydrogens is 164 g/mol. The van der Waals surface area contributed by atoms with Gasteiger partial charge in [0.2, 0.25) is 5.91 Å². The quantitative estimate of drug-likeness (QED) is 0.626. The van der Waals surface area contributed by atoms with E-state index in [-0.39, 0.29) is 0 Å². The lowest BCUT2D eigenvalue weighted by Gasteiger charge is -2.53. The second-order valence-corrected chi connectivity index (χ2v) is 4.77. The number of rotatable bonds is 1. The van der Waals surface area contributed by atoms with Crippen LogP contribution in [0.3, 0.4) is 0 Å². The van der Waals surface area contributed by atoms with Gasteiger partial charge in [-0.05, 0) is 18.8 Å². The molecular formula is C10H16N2O. The molecule has 2 bridgehead atoms. The van der Waals surface area contributed by atoms with Crippen molar-refractivity contribution >= 4 is 5.91 Å². The Bertz CT molecular complexity index is 239. The molecule has 2 unspecified atom stereocenters. The van der Waals surface area contributed by atoms with Crippen LogP contribution in [0.2, 0.25) is 0 Å². The van der Waals surface area contributed by atoms with Crippen molar-refractivity contribution < 1.29 is 4.79 Å². The first kappa shape index (κ1) is 7.80. The van der Waals surface area contributed by atoms with Crippen LogP contribution in [0.15, 0.2) is 0 Å². The van der Waals surface area contributed by atoms with E-state index in [1.54, 1.807) is 0 Å². The third-order valence-electron chi connectivity index (χ3n) is 3.77. The second kappa shape index (κ2) is 2.47. The fourth-order valence-corrected chi connectivity index (χ4v) is 2.70. The van der Waals surface area contributed by atoms with E-state index in [0.29, 0.717) is 29.8 Å². The van der Waals surface area contributed by atoms with Gasteiger partial charge in [0.1, 0.15) is 0 Å². The summed E-state index contributed by atoms with van der Waals surface area (Å²) < 4.78 is 0. The summed E-state index contributed by atoms with van der Waals surface area (Å²) >= 11 is 0. The van der Waals surface area contributed by atoms with Gasteiger partial charge in [0.25, 0.3) is 0 Å². The summed E-state index contributed by atoms with van der Waals surface area (Å²) in [7, 11) is 0. The van der Waals surface area contributed by atoms with Crippen molar-refractivity contribution in [3.05, 3.63) is 0 Å². The Morgan fingerprint density at radius 3 is 2.38 bits per heavy atom. The molecule has 0 aromatic heterocycles. The standard InChI is InChI=1S/C10H16N2O/c1-6-2-9(6)10(13)12-7-3-8(12)5-11-4-7/h6-9,11H,2-5H2,1H3/t6-,7?,8?,9-/m1/s1. The predicted molar refractivity (Wildman–Crippen MR) is 49.2 cm³/mol. The average Bonchev–Trinajstić information content (AvgIpc) is 2.84. The van der Waals surface area contributed by atoms with Crippen molar-refractivity contribution in [2.75, 3.05) is 13.1 Å². The zero-order valence-corrected chi connectivity index (χ0v) is 7.99. The number of nitrogens with zero attached hydrogens (tertiary/aromatic N) is 1. The Balaban J connectivity index is 1.69. The first-order valence-electron chi connectivity index (χ1n) is 5.30. The minimum atomic E-state index is 0.378. The van der Waals surface area contributed by atoms with Crippen molar-refractivity contribution in [3.8, 4) is 0 Å². The number of carbonyl (C=O) groups excluding carboxylic acids is 1. The molecule has 72 valence electrons. The fraction of sp³-hybridized carbons (Fsp3) is 0.900. The van der Waals surface area contributed by atoms with Gasteiger partial charge in [-0.3, -0.25) is 4.79 Å². The Morgan fingerprint density at radius 2 is 1.92 bits per heavy atom. The summed E-state index contributed by atoms with van der Waals surface area (Å²) in [5, 5.41) is 3.35. The summed E-state index contributed by atoms with van der Waals surface area (Å²) in [6.45, 7) is 4.21. The highest BCUT2D eigenvalue weighted by atomic mass is 16.2. The molecule has 13 heavy (non-hydrogen) atoms. The van der Waals surface area contributed by atoms with Gasteiger partial charge in [-0.2, -0.15) is 0 Å². The van der Waals surface area contributed by atoms with E-state index in [9.17, 15) is 4.79 Å². The molecule has 0 spiro atoms. The van der Waals surface area contributed by atoms with Gasteiger partial charge >= 0.3 is 0 Å². The molecule has 3 heteroatoms. The molecule has 2 aliphatic heterocycles. The highest BCUT2D eigenvalue weighted by molar-refractivity contribution is 5.83. The van der Waals surface area contributed by atoms with Gasteiger partial charge in [-0.15, -0.1) is 0 Å². The number of hydrogen-bond donors (Lipinski definition) is 1. The minimum absolute atomic E-state index is 0.378. The molecule has 1 amide bonds. The number of fused-ring (bicyclic) bond motifs is 2. The number of carbonyl (C=O) groups is 1. The maximum absolute atomic E-state index is 11.9. The van der Waals surface area contributed by atoms with Crippen LogP contribution in [0.25, 0.3) is 0 Å². The molecule has 2 saturated heterocycles. The lowest BCUT2D eigenvalue weighted by Crippen LogP contribution is -2.69. The molecule has 0 aromatic carbocycles. The summed E-state index contributed by atoms with van der Waals surface area (Å²) in [6.07, 6.45) is 2.36. The van der Waals surface area contributed by atoms with Crippen molar-refractivity contribution in [2.24, 2.45) is 11.8 Å². The SMILES string of the molecule is C[C@@H]1C[C@H]1C(=O)N1C2CNCC1C2. The third kappa shape index (κ3) is 1.03. The molecule has 0 aromatic rings. The molecule has 1 aliphatic carbocycles. The summed E-state index contributed by atoms with van der Waals surface area (Å²) in [4.78, 5) is 14.1. The van der Waals surface area contributed by atoms with Gasteiger partial charge in [-0.25, -0.2) is 0 Å². The molecule has 3 fully saturated rings. The fourth-order valence-electron chi connectivity index (χ4n) is 2.70. The van der Waals surface area contributed by atoms with Crippen molar-refractivity contribution in [2.45, 2.75) is 31.8 Å². The van der Waals surface area contributed by atoms with Gasteiger partial charge in [-0.1, -0.05) is 6.92 Å². The van der Waals surface area contributed by atoms with E-state index in [1.807, 2.05) is 0 Å². The molecule has 1 saturated carbocycles. The van der Waals surface area contributed by atoms with Crippen LogP contribution in [0, 0.1) is 11.8 Å². The van der Waals surface area contributed by atoms with Crippen LogP contribution in [0.4, 0.5) is 0 Å². The lowest BCUT2D eigenvalue weighted by molar-refractivity contribution is -0.149. The zero-order chi connectivity index (χ0) is 9.00. The smallest absolute Gasteiger partial charge is 0.226 e. The molecule has 4 atom stereocenters. The first-order valence-corrected chi connectivity index (χ1v) is 5.30. The molecule has 2 heterocycles. The van der Waals surface area contributed by atoms with Crippen LogP contribution < -0.4 is 5.32 Å². The molecule has 0 radical (unpaired) electrons. The highest BCUT2D eigenvalue weighted by Gasteiger charge is 2.50. The largest absolute Gasteiger partial charge is 0.334 e. The van der Waals surface area contributed by atoms with Crippen LogP contribution in [0.1, 0.15) is 19.8 Å². The number of hydrogen-bond acceptors (Lipinski definition) is 2. The highest BCUT2D eigenvalue weighted by Crippen LogP contribution is 2.42. The summed E-state index contributed by atoms with van der Waals surface area (Å²) in [5.41, 5.74) is 0. The van der Waals surface area contributed by atoms with Gasteiger partial charge in [0.05, 0.1) is 0 Å². The van der Waals surface area contributed by atoms with E-state index in [4.69, 9.17) is 0 Å². The van der Waals surface area contributed by atoms with Crippen molar-refractivity contribution in [3.63, 3.8) is 0 Å². The molecule has 3 rings (SSSR count). The van der Waals surface area contributed by atoms with E-state index < -0.39 is 0 Å². The number of piperidine rings is 1. The number of nitrogens with one attached hydrogen (secondary N) is 1. The summed E-state index contributed by atoms with van der Waals surface area (Å²) in [5.74, 6) is 1.47. The monoisotopic (exact) mass is 180 g/mol. The van der Waals surface area contributed by atoms with Gasteiger partial charge in [0.15, 0.2) is 0 Å². The zero-order valence-electron chi connectivity index (χ0n) is 7.99. The van der Waals surface area contributed by atoms with Crippen LogP contribution in [-0.2, 0) is 4.79 Å².